The van der Waals surface area contributed by atoms with E-state index in [9.17, 15) is 14.4 Å². The van der Waals surface area contributed by atoms with Crippen LogP contribution in [0.1, 0.15) is 35.4 Å². The molecule has 0 spiro atoms. The van der Waals surface area contributed by atoms with Crippen LogP contribution in [-0.4, -0.2) is 59.5 Å². The van der Waals surface area contributed by atoms with Gasteiger partial charge in [-0.2, -0.15) is 10.4 Å². The molecule has 2 aromatic rings. The summed E-state index contributed by atoms with van der Waals surface area (Å²) in [6, 6.07) is 8.26. The van der Waals surface area contributed by atoms with E-state index in [2.05, 4.69) is 20.5 Å². The predicted molar refractivity (Wildman–Crippen MR) is 111 cm³/mol. The predicted octanol–water partition coefficient (Wildman–Crippen LogP) is 1.04. The Kier molecular flexibility index (Phi) is 6.52. The van der Waals surface area contributed by atoms with Crippen LogP contribution in [0.15, 0.2) is 24.3 Å². The Hall–Kier alpha value is -3.91. The summed E-state index contributed by atoms with van der Waals surface area (Å²) in [5, 5.41) is 19.0. The molecule has 3 amide bonds. The van der Waals surface area contributed by atoms with Crippen molar-refractivity contribution < 1.29 is 19.1 Å². The number of methoxy groups -OCH3 is 1. The number of rotatable bonds is 6. The van der Waals surface area contributed by atoms with Crippen LogP contribution in [0.5, 0.6) is 0 Å². The summed E-state index contributed by atoms with van der Waals surface area (Å²) in [7, 11) is 1.24. The number of benzene rings is 1. The molecule has 1 aromatic heterocycles. The fourth-order valence-electron chi connectivity index (χ4n) is 3.30. The van der Waals surface area contributed by atoms with Gasteiger partial charge in [-0.15, -0.1) is 0 Å². The second kappa shape index (κ2) is 9.27. The lowest BCUT2D eigenvalue weighted by atomic mass is 10.1. The number of carbonyl (C=O) groups excluding carboxylic acids is 3. The van der Waals surface area contributed by atoms with E-state index in [4.69, 9.17) is 11.0 Å². The first-order valence-electron chi connectivity index (χ1n) is 9.63. The molecule has 3 rings (SSSR count). The van der Waals surface area contributed by atoms with Gasteiger partial charge in [0.25, 0.3) is 5.91 Å². The third-order valence-corrected chi connectivity index (χ3v) is 4.83. The highest BCUT2D eigenvalue weighted by molar-refractivity contribution is 5.96. The number of fused-ring (bicyclic) bond motifs is 1. The summed E-state index contributed by atoms with van der Waals surface area (Å²) in [5.74, 6) is -0.500. The van der Waals surface area contributed by atoms with Gasteiger partial charge in [-0.25, -0.2) is 4.79 Å². The Bertz CT molecular complexity index is 1060. The molecule has 31 heavy (non-hydrogen) atoms. The van der Waals surface area contributed by atoms with Crippen LogP contribution in [0.3, 0.4) is 0 Å². The first-order valence-corrected chi connectivity index (χ1v) is 9.63. The second-order valence-electron chi connectivity index (χ2n) is 7.02. The zero-order valence-corrected chi connectivity index (χ0v) is 17.2. The summed E-state index contributed by atoms with van der Waals surface area (Å²) in [4.78, 5) is 37.9. The molecule has 0 saturated heterocycles. The zero-order chi connectivity index (χ0) is 22.5. The van der Waals surface area contributed by atoms with E-state index in [0.717, 1.165) is 0 Å². The molecule has 0 aliphatic carbocycles. The number of hydrogen-bond acceptors (Lipinski definition) is 7. The second-order valence-corrected chi connectivity index (χ2v) is 7.02. The van der Waals surface area contributed by atoms with Crippen molar-refractivity contribution in [3.63, 3.8) is 0 Å². The summed E-state index contributed by atoms with van der Waals surface area (Å²) >= 11 is 0. The average Bonchev–Trinajstić information content (AvgIpc) is 3.21. The molecular weight excluding hydrogens is 402 g/mol. The molecule has 0 radical (unpaired) electrons. The van der Waals surface area contributed by atoms with Gasteiger partial charge in [0.1, 0.15) is 5.69 Å². The number of nitriles is 1. The number of aromatic nitrogens is 2. The normalized spacial score (nSPS) is 15.1. The molecule has 0 unspecified atom stereocenters. The number of nitrogens with two attached hydrogens (primary N) is 1. The van der Waals surface area contributed by atoms with Crippen molar-refractivity contribution in [2.45, 2.75) is 19.4 Å². The van der Waals surface area contributed by atoms with Gasteiger partial charge in [0.2, 0.25) is 5.91 Å². The van der Waals surface area contributed by atoms with Gasteiger partial charge in [0.05, 0.1) is 42.8 Å². The Morgan fingerprint density at radius 2 is 2.16 bits per heavy atom. The summed E-state index contributed by atoms with van der Waals surface area (Å²) in [6.07, 6.45) is -0.502. The monoisotopic (exact) mass is 425 g/mol. The van der Waals surface area contributed by atoms with E-state index in [1.807, 2.05) is 13.0 Å². The number of nitrogens with zero attached hydrogens (tertiary/aromatic N) is 4. The van der Waals surface area contributed by atoms with E-state index < -0.39 is 6.09 Å². The number of hydrogen-bond donors (Lipinski definition) is 3. The molecule has 0 bridgehead atoms. The topological polar surface area (TPSA) is 155 Å². The highest BCUT2D eigenvalue weighted by atomic mass is 16.5. The standard InChI is InChI=1S/C20H23N7O4/c1-12-10-26(11-23-18(28)5-6-21)19(29)17-8-16(25-27(12)17)14-4-3-13(9-22)7-15(14)24-20(30)31-2/h3-4,7-8,12H,5-6,10-11,21H2,1-2H3,(H,23,28)(H,24,30)/t12-/m0/s1. The van der Waals surface area contributed by atoms with Crippen molar-refractivity contribution >= 4 is 23.6 Å². The van der Waals surface area contributed by atoms with Crippen molar-refractivity contribution in [3.8, 4) is 17.3 Å². The Balaban J connectivity index is 1.91. The molecule has 2 heterocycles. The molecule has 1 aliphatic rings. The maximum absolute atomic E-state index is 12.9. The molecule has 4 N–H and O–H groups in total. The third-order valence-electron chi connectivity index (χ3n) is 4.83. The lowest BCUT2D eigenvalue weighted by molar-refractivity contribution is -0.121. The molecule has 0 fully saturated rings. The number of anilines is 1. The summed E-state index contributed by atoms with van der Waals surface area (Å²) in [6.45, 7) is 2.59. The first kappa shape index (κ1) is 21.8. The van der Waals surface area contributed by atoms with Crippen LogP contribution in [0, 0.1) is 11.3 Å². The lowest BCUT2D eigenvalue weighted by Gasteiger charge is -2.31. The fourth-order valence-corrected chi connectivity index (χ4v) is 3.30. The minimum Gasteiger partial charge on any atom is -0.453 e. The van der Waals surface area contributed by atoms with Gasteiger partial charge in [0, 0.05) is 25.1 Å². The van der Waals surface area contributed by atoms with Crippen LogP contribution in [0.2, 0.25) is 0 Å². The van der Waals surface area contributed by atoms with E-state index in [-0.39, 0.29) is 37.5 Å². The van der Waals surface area contributed by atoms with Crippen molar-refractivity contribution in [2.24, 2.45) is 5.73 Å². The minimum absolute atomic E-state index is 0.0779. The molecule has 1 atom stereocenters. The summed E-state index contributed by atoms with van der Waals surface area (Å²) in [5.41, 5.74) is 7.41. The van der Waals surface area contributed by atoms with Gasteiger partial charge >= 0.3 is 6.09 Å². The number of ether oxygens (including phenoxy) is 1. The summed E-state index contributed by atoms with van der Waals surface area (Å²) < 4.78 is 6.27. The Morgan fingerprint density at radius 1 is 1.39 bits per heavy atom. The van der Waals surface area contributed by atoms with Crippen molar-refractivity contribution in [1.29, 1.82) is 5.26 Å². The van der Waals surface area contributed by atoms with Crippen molar-refractivity contribution in [2.75, 3.05) is 32.2 Å². The van der Waals surface area contributed by atoms with E-state index >= 15 is 0 Å². The van der Waals surface area contributed by atoms with Gasteiger partial charge in [0.15, 0.2) is 0 Å². The average molecular weight is 425 g/mol. The van der Waals surface area contributed by atoms with Gasteiger partial charge in [-0.1, -0.05) is 0 Å². The van der Waals surface area contributed by atoms with Crippen LogP contribution in [0.25, 0.3) is 11.3 Å². The maximum Gasteiger partial charge on any atom is 0.411 e. The van der Waals surface area contributed by atoms with Crippen molar-refractivity contribution in [3.05, 3.63) is 35.5 Å². The van der Waals surface area contributed by atoms with Crippen LogP contribution in [0.4, 0.5) is 10.5 Å². The third kappa shape index (κ3) is 4.65. The largest absolute Gasteiger partial charge is 0.453 e. The number of carbonyl (C=O) groups is 3. The first-order chi connectivity index (χ1) is 14.9. The Morgan fingerprint density at radius 3 is 2.84 bits per heavy atom. The Labute approximate surface area is 178 Å². The van der Waals surface area contributed by atoms with Crippen LogP contribution >= 0.6 is 0 Å². The van der Waals surface area contributed by atoms with E-state index in [0.29, 0.717) is 34.7 Å². The highest BCUT2D eigenvalue weighted by Gasteiger charge is 2.31. The maximum atomic E-state index is 12.9. The zero-order valence-electron chi connectivity index (χ0n) is 17.2. The van der Waals surface area contributed by atoms with Crippen molar-refractivity contribution in [1.82, 2.24) is 20.0 Å². The smallest absolute Gasteiger partial charge is 0.411 e. The SMILES string of the molecule is COC(=O)Nc1cc(C#N)ccc1-c1cc2n(n1)[C@@H](C)CN(CNC(=O)CCN)C2=O. The van der Waals surface area contributed by atoms with Gasteiger partial charge in [-0.05, 0) is 31.2 Å². The highest BCUT2D eigenvalue weighted by Crippen LogP contribution is 2.31. The van der Waals surface area contributed by atoms with Gasteiger partial charge < -0.3 is 20.7 Å². The molecule has 0 saturated carbocycles. The van der Waals surface area contributed by atoms with E-state index in [1.54, 1.807) is 22.9 Å². The van der Waals surface area contributed by atoms with E-state index in [1.165, 1.54) is 18.1 Å². The molecular formula is C20H23N7O4. The lowest BCUT2D eigenvalue weighted by Crippen LogP contribution is -2.47. The number of nitrogens with one attached hydrogen (secondary N) is 2. The fraction of sp³-hybridized carbons (Fsp3) is 0.350. The minimum atomic E-state index is -0.691. The molecule has 11 heteroatoms. The molecule has 162 valence electrons. The molecule has 11 nitrogen and oxygen atoms in total. The van der Waals surface area contributed by atoms with Crippen LogP contribution < -0.4 is 16.4 Å². The number of amides is 3. The van der Waals surface area contributed by atoms with Gasteiger partial charge in [-0.3, -0.25) is 19.6 Å². The molecule has 1 aromatic carbocycles. The molecule has 1 aliphatic heterocycles. The quantitative estimate of drug-likeness (QED) is 0.624. The van der Waals surface area contributed by atoms with Crippen LogP contribution in [-0.2, 0) is 9.53 Å².